The highest BCUT2D eigenvalue weighted by Crippen LogP contribution is 2.13. The molecule has 0 fully saturated rings. The van der Waals surface area contributed by atoms with Crippen LogP contribution in [0.3, 0.4) is 0 Å². The molecule has 0 saturated carbocycles. The van der Waals surface area contributed by atoms with Gasteiger partial charge in [0.25, 0.3) is 0 Å². The van der Waals surface area contributed by atoms with Crippen LogP contribution in [0.1, 0.15) is 38.8 Å². The number of aryl methyl sites for hydroxylation is 1. The molecule has 0 unspecified atom stereocenters. The SMILES string of the molecule is CC.CC=C=C(C)c1cccc(C)c1. The smallest absolute Gasteiger partial charge is 0.00224 e. The van der Waals surface area contributed by atoms with Crippen LogP contribution in [-0.2, 0) is 0 Å². The number of benzene rings is 1. The Bertz CT molecular complexity index is 326. The molecule has 0 aromatic heterocycles. The minimum Gasteiger partial charge on any atom is -0.122 e. The van der Waals surface area contributed by atoms with Gasteiger partial charge in [-0.1, -0.05) is 43.7 Å². The molecule has 0 atom stereocenters. The van der Waals surface area contributed by atoms with Gasteiger partial charge >= 0.3 is 0 Å². The lowest BCUT2D eigenvalue weighted by molar-refractivity contribution is 1.44. The van der Waals surface area contributed by atoms with E-state index in [-0.39, 0.29) is 0 Å². The number of allylic oxidation sites excluding steroid dienone is 1. The molecule has 0 amide bonds. The minimum absolute atomic E-state index is 1.20. The van der Waals surface area contributed by atoms with Crippen molar-refractivity contribution < 1.29 is 0 Å². The van der Waals surface area contributed by atoms with Gasteiger partial charge in [-0.25, -0.2) is 0 Å². The summed E-state index contributed by atoms with van der Waals surface area (Å²) in [5, 5.41) is 0. The molecule has 0 heterocycles. The lowest BCUT2D eigenvalue weighted by Crippen LogP contribution is -1.78. The molecular weight excluding hydrogens is 168 g/mol. The predicted octanol–water partition coefficient (Wildman–Crippen LogP) is 4.60. The molecule has 76 valence electrons. The first-order chi connectivity index (χ1) is 6.74. The van der Waals surface area contributed by atoms with E-state index in [0.717, 1.165) is 0 Å². The van der Waals surface area contributed by atoms with E-state index in [1.807, 2.05) is 26.8 Å². The summed E-state index contributed by atoms with van der Waals surface area (Å²) in [6, 6.07) is 8.46. The minimum atomic E-state index is 1.20. The van der Waals surface area contributed by atoms with E-state index in [9.17, 15) is 0 Å². The Kier molecular flexibility index (Phi) is 6.53. The summed E-state index contributed by atoms with van der Waals surface area (Å²) in [4.78, 5) is 0. The van der Waals surface area contributed by atoms with Crippen molar-refractivity contribution in [3.8, 4) is 0 Å². The maximum atomic E-state index is 3.18. The second kappa shape index (κ2) is 7.17. The third kappa shape index (κ3) is 4.11. The molecule has 0 nitrogen and oxygen atoms in total. The average molecular weight is 188 g/mol. The molecule has 0 aliphatic rings. The van der Waals surface area contributed by atoms with Crippen LogP contribution in [-0.4, -0.2) is 0 Å². The van der Waals surface area contributed by atoms with E-state index in [0.29, 0.717) is 0 Å². The van der Waals surface area contributed by atoms with Gasteiger partial charge in [0.1, 0.15) is 0 Å². The zero-order valence-corrected chi connectivity index (χ0v) is 9.89. The van der Waals surface area contributed by atoms with Crippen molar-refractivity contribution in [1.29, 1.82) is 0 Å². The van der Waals surface area contributed by atoms with Crippen LogP contribution >= 0.6 is 0 Å². The summed E-state index contributed by atoms with van der Waals surface area (Å²) in [6.45, 7) is 10.2. The standard InChI is InChI=1S/C12H14.C2H6/c1-4-6-11(3)12-8-5-7-10(2)9-12;1-2/h4-5,7-9H,1-3H3;1-2H3. The summed E-state index contributed by atoms with van der Waals surface area (Å²) < 4.78 is 0. The van der Waals surface area contributed by atoms with Gasteiger partial charge in [0, 0.05) is 0 Å². The Morgan fingerprint density at radius 2 is 1.93 bits per heavy atom. The van der Waals surface area contributed by atoms with E-state index < -0.39 is 0 Å². The van der Waals surface area contributed by atoms with Crippen molar-refractivity contribution in [2.75, 3.05) is 0 Å². The third-order valence-corrected chi connectivity index (χ3v) is 1.81. The van der Waals surface area contributed by atoms with Crippen LogP contribution in [0, 0.1) is 6.92 Å². The normalized spacial score (nSPS) is 8.07. The average Bonchev–Trinajstić information content (AvgIpc) is 2.21. The first kappa shape index (κ1) is 12.7. The largest absolute Gasteiger partial charge is 0.122 e. The van der Waals surface area contributed by atoms with Crippen molar-refractivity contribution in [3.05, 3.63) is 47.2 Å². The Labute approximate surface area is 88.0 Å². The van der Waals surface area contributed by atoms with Gasteiger partial charge in [0.2, 0.25) is 0 Å². The Hall–Kier alpha value is -1.26. The van der Waals surface area contributed by atoms with Crippen molar-refractivity contribution in [1.82, 2.24) is 0 Å². The van der Waals surface area contributed by atoms with E-state index in [2.05, 4.69) is 43.8 Å². The fourth-order valence-corrected chi connectivity index (χ4v) is 1.18. The van der Waals surface area contributed by atoms with Gasteiger partial charge in [-0.05, 0) is 38.0 Å². The molecule has 1 rings (SSSR count). The van der Waals surface area contributed by atoms with E-state index >= 15 is 0 Å². The molecule has 1 aromatic rings. The molecule has 14 heavy (non-hydrogen) atoms. The molecule has 0 aliphatic heterocycles. The van der Waals surface area contributed by atoms with E-state index in [4.69, 9.17) is 0 Å². The molecule has 0 aliphatic carbocycles. The molecule has 0 saturated heterocycles. The van der Waals surface area contributed by atoms with Gasteiger partial charge in [0.05, 0.1) is 0 Å². The van der Waals surface area contributed by atoms with Crippen LogP contribution in [0.4, 0.5) is 0 Å². The number of hydrogen-bond donors (Lipinski definition) is 0. The second-order valence-corrected chi connectivity index (χ2v) is 2.93. The zero-order valence-electron chi connectivity index (χ0n) is 9.89. The molecule has 0 radical (unpaired) electrons. The van der Waals surface area contributed by atoms with Crippen LogP contribution in [0.5, 0.6) is 0 Å². The number of rotatable bonds is 1. The summed E-state index contributed by atoms with van der Waals surface area (Å²) in [5.74, 6) is 0. The van der Waals surface area contributed by atoms with Gasteiger partial charge in [0.15, 0.2) is 0 Å². The molecule has 0 bridgehead atoms. The van der Waals surface area contributed by atoms with Gasteiger partial charge < -0.3 is 0 Å². The maximum Gasteiger partial charge on any atom is -0.00224 e. The fourth-order valence-electron chi connectivity index (χ4n) is 1.18. The molecule has 0 spiro atoms. The van der Waals surface area contributed by atoms with Crippen LogP contribution in [0.2, 0.25) is 0 Å². The molecular formula is C14H20. The quantitative estimate of drug-likeness (QED) is 0.565. The number of hydrogen-bond acceptors (Lipinski definition) is 0. The van der Waals surface area contributed by atoms with Gasteiger partial charge in [-0.15, -0.1) is 5.73 Å². The third-order valence-electron chi connectivity index (χ3n) is 1.81. The topological polar surface area (TPSA) is 0 Å². The monoisotopic (exact) mass is 188 g/mol. The zero-order chi connectivity index (χ0) is 11.0. The van der Waals surface area contributed by atoms with Gasteiger partial charge in [-0.3, -0.25) is 0 Å². The van der Waals surface area contributed by atoms with Crippen LogP contribution in [0.25, 0.3) is 5.57 Å². The molecule has 0 N–H and O–H groups in total. The molecule has 1 aromatic carbocycles. The fraction of sp³-hybridized carbons (Fsp3) is 0.357. The summed E-state index contributed by atoms with van der Waals surface area (Å²) in [7, 11) is 0. The maximum absolute atomic E-state index is 3.18. The summed E-state index contributed by atoms with van der Waals surface area (Å²) in [5.41, 5.74) is 6.93. The highest BCUT2D eigenvalue weighted by molar-refractivity contribution is 5.63. The van der Waals surface area contributed by atoms with Gasteiger partial charge in [-0.2, -0.15) is 0 Å². The lowest BCUT2D eigenvalue weighted by atomic mass is 10.1. The predicted molar refractivity (Wildman–Crippen MR) is 65.4 cm³/mol. The van der Waals surface area contributed by atoms with Crippen LogP contribution in [0.15, 0.2) is 36.1 Å². The Balaban J connectivity index is 0.000000791. The van der Waals surface area contributed by atoms with Crippen molar-refractivity contribution in [2.45, 2.75) is 34.6 Å². The first-order valence-electron chi connectivity index (χ1n) is 5.19. The van der Waals surface area contributed by atoms with Crippen molar-refractivity contribution in [3.63, 3.8) is 0 Å². The van der Waals surface area contributed by atoms with Crippen molar-refractivity contribution >= 4 is 5.57 Å². The second-order valence-electron chi connectivity index (χ2n) is 2.93. The van der Waals surface area contributed by atoms with E-state index in [1.165, 1.54) is 16.7 Å². The van der Waals surface area contributed by atoms with E-state index in [1.54, 1.807) is 0 Å². The highest BCUT2D eigenvalue weighted by Gasteiger charge is 1.92. The Morgan fingerprint density at radius 3 is 2.43 bits per heavy atom. The molecule has 0 heteroatoms. The van der Waals surface area contributed by atoms with Crippen LogP contribution < -0.4 is 0 Å². The summed E-state index contributed by atoms with van der Waals surface area (Å²) >= 11 is 0. The summed E-state index contributed by atoms with van der Waals surface area (Å²) in [6.07, 6.45) is 1.94. The highest BCUT2D eigenvalue weighted by atomic mass is 14.0. The Morgan fingerprint density at radius 1 is 1.29 bits per heavy atom. The first-order valence-corrected chi connectivity index (χ1v) is 5.19. The lowest BCUT2D eigenvalue weighted by Gasteiger charge is -1.98. The van der Waals surface area contributed by atoms with Crippen molar-refractivity contribution in [2.24, 2.45) is 0 Å².